The van der Waals surface area contributed by atoms with Gasteiger partial charge in [-0.25, -0.2) is 0 Å². The van der Waals surface area contributed by atoms with Gasteiger partial charge >= 0.3 is 0 Å². The average Bonchev–Trinajstić information content (AvgIpc) is 2.20. The Morgan fingerprint density at radius 3 is 2.54 bits per heavy atom. The van der Waals surface area contributed by atoms with Gasteiger partial charge in [0.25, 0.3) is 0 Å². The van der Waals surface area contributed by atoms with E-state index in [4.69, 9.17) is 0 Å². The van der Waals surface area contributed by atoms with Gasteiger partial charge in [0.05, 0.1) is 0 Å². The second kappa shape index (κ2) is 6.76. The fourth-order valence-electron chi connectivity index (χ4n) is 1.62. The smallest absolute Gasteiger partial charge is 0.0139 e. The van der Waals surface area contributed by atoms with Gasteiger partial charge in [0.1, 0.15) is 0 Å². The molecule has 0 radical (unpaired) electrons. The summed E-state index contributed by atoms with van der Waals surface area (Å²) in [6, 6.07) is 0. The highest BCUT2D eigenvalue weighted by molar-refractivity contribution is 5.25. The van der Waals surface area contributed by atoms with Crippen molar-refractivity contribution in [3.05, 3.63) is 23.9 Å². The minimum Gasteiger partial charge on any atom is -0.391 e. The lowest BCUT2D eigenvalue weighted by Crippen LogP contribution is -2.16. The van der Waals surface area contributed by atoms with Crippen LogP contribution in [0.5, 0.6) is 0 Å². The Kier molecular flexibility index (Phi) is 6.38. The van der Waals surface area contributed by atoms with Gasteiger partial charge in [0, 0.05) is 12.7 Å². The number of hydrogen-bond acceptors (Lipinski definition) is 1. The maximum atomic E-state index is 3.81. The van der Waals surface area contributed by atoms with Crippen LogP contribution in [-0.4, -0.2) is 7.05 Å². The normalized spacial score (nSPS) is 21.7. The van der Waals surface area contributed by atoms with Crippen molar-refractivity contribution in [3.63, 3.8) is 0 Å². The molecular formula is C12H23N. The Morgan fingerprint density at radius 1 is 1.46 bits per heavy atom. The van der Waals surface area contributed by atoms with Gasteiger partial charge in [-0.2, -0.15) is 0 Å². The molecule has 0 bridgehead atoms. The highest BCUT2D eigenvalue weighted by atomic mass is 14.8. The second-order valence-corrected chi connectivity index (χ2v) is 3.31. The van der Waals surface area contributed by atoms with Crippen molar-refractivity contribution >= 4 is 0 Å². The second-order valence-electron chi connectivity index (χ2n) is 3.31. The van der Waals surface area contributed by atoms with E-state index in [1.165, 1.54) is 30.5 Å². The molecule has 13 heavy (non-hydrogen) atoms. The maximum absolute atomic E-state index is 3.81. The van der Waals surface area contributed by atoms with E-state index in [-0.39, 0.29) is 0 Å². The predicted molar refractivity (Wildman–Crippen MR) is 60.6 cm³/mol. The third-order valence-corrected chi connectivity index (χ3v) is 2.39. The van der Waals surface area contributed by atoms with Crippen molar-refractivity contribution in [2.24, 2.45) is 5.92 Å². The van der Waals surface area contributed by atoms with Crippen molar-refractivity contribution in [2.75, 3.05) is 7.05 Å². The first-order valence-electron chi connectivity index (χ1n) is 5.30. The van der Waals surface area contributed by atoms with Gasteiger partial charge in [-0.15, -0.1) is 0 Å². The van der Waals surface area contributed by atoms with E-state index in [0.717, 1.165) is 5.92 Å². The zero-order valence-electron chi connectivity index (χ0n) is 9.48. The largest absolute Gasteiger partial charge is 0.391 e. The molecule has 1 heteroatoms. The van der Waals surface area contributed by atoms with Crippen molar-refractivity contribution in [1.82, 2.24) is 5.32 Å². The lowest BCUT2D eigenvalue weighted by Gasteiger charge is -2.22. The van der Waals surface area contributed by atoms with E-state index in [1.54, 1.807) is 0 Å². The molecule has 0 fully saturated rings. The maximum Gasteiger partial charge on any atom is 0.0139 e. The number of allylic oxidation sites excluding steroid dienone is 3. The molecule has 0 saturated carbocycles. The van der Waals surface area contributed by atoms with E-state index in [1.807, 2.05) is 27.0 Å². The standard InChI is InChI=1S/C10H17N.C2H6/c1-4-9-6-5-8(2)7-10(9)11-3;1-2/h4,8,11H,1,5-7H2,2-3H3;1-2H3. The third kappa shape index (κ3) is 3.67. The molecule has 0 saturated heterocycles. The zero-order valence-corrected chi connectivity index (χ0v) is 9.48. The van der Waals surface area contributed by atoms with Crippen LogP contribution < -0.4 is 5.32 Å². The topological polar surface area (TPSA) is 12.0 Å². The van der Waals surface area contributed by atoms with E-state index < -0.39 is 0 Å². The molecule has 0 aromatic heterocycles. The summed E-state index contributed by atoms with van der Waals surface area (Å²) in [4.78, 5) is 0. The van der Waals surface area contributed by atoms with E-state index in [9.17, 15) is 0 Å². The monoisotopic (exact) mass is 181 g/mol. The Labute approximate surface area is 82.9 Å². The van der Waals surface area contributed by atoms with Crippen LogP contribution in [-0.2, 0) is 0 Å². The van der Waals surface area contributed by atoms with Crippen LogP contribution in [0.15, 0.2) is 23.9 Å². The predicted octanol–water partition coefficient (Wildman–Crippen LogP) is 3.49. The van der Waals surface area contributed by atoms with Crippen LogP contribution in [0.3, 0.4) is 0 Å². The van der Waals surface area contributed by atoms with Gasteiger partial charge in [-0.3, -0.25) is 0 Å². The van der Waals surface area contributed by atoms with Crippen LogP contribution >= 0.6 is 0 Å². The Bertz CT molecular complexity index is 180. The van der Waals surface area contributed by atoms with Gasteiger partial charge in [0.15, 0.2) is 0 Å². The summed E-state index contributed by atoms with van der Waals surface area (Å²) in [5, 5.41) is 3.24. The quantitative estimate of drug-likeness (QED) is 0.687. The molecule has 1 N–H and O–H groups in total. The van der Waals surface area contributed by atoms with Crippen LogP contribution in [0, 0.1) is 5.92 Å². The lowest BCUT2D eigenvalue weighted by molar-refractivity contribution is 0.485. The summed E-state index contributed by atoms with van der Waals surface area (Å²) in [6.45, 7) is 10.1. The van der Waals surface area contributed by atoms with Gasteiger partial charge in [-0.1, -0.05) is 33.4 Å². The lowest BCUT2D eigenvalue weighted by atomic mass is 9.88. The molecule has 0 spiro atoms. The SMILES string of the molecule is C=CC1=C(NC)CC(C)CC1.CC. The average molecular weight is 181 g/mol. The molecule has 1 atom stereocenters. The highest BCUT2D eigenvalue weighted by Crippen LogP contribution is 2.27. The summed E-state index contributed by atoms with van der Waals surface area (Å²) in [7, 11) is 2.00. The van der Waals surface area contributed by atoms with E-state index >= 15 is 0 Å². The molecule has 0 amide bonds. The minimum atomic E-state index is 0.834. The first kappa shape index (κ1) is 12.3. The molecular weight excluding hydrogens is 158 g/mol. The Hall–Kier alpha value is -0.720. The van der Waals surface area contributed by atoms with Crippen LogP contribution in [0.25, 0.3) is 0 Å². The molecule has 0 heterocycles. The van der Waals surface area contributed by atoms with Crippen LogP contribution in [0.4, 0.5) is 0 Å². The molecule has 0 aliphatic heterocycles. The highest BCUT2D eigenvalue weighted by Gasteiger charge is 2.14. The molecule has 0 aromatic rings. The molecule has 1 aliphatic rings. The first-order chi connectivity index (χ1) is 6.27. The summed E-state index contributed by atoms with van der Waals surface area (Å²) in [6.07, 6.45) is 5.68. The van der Waals surface area contributed by atoms with Crippen LogP contribution in [0.1, 0.15) is 40.0 Å². The molecule has 1 unspecified atom stereocenters. The van der Waals surface area contributed by atoms with Gasteiger partial charge in [-0.05, 0) is 30.8 Å². The number of rotatable bonds is 2. The summed E-state index contributed by atoms with van der Waals surface area (Å²) in [5.74, 6) is 0.834. The summed E-state index contributed by atoms with van der Waals surface area (Å²) >= 11 is 0. The molecule has 0 aromatic carbocycles. The van der Waals surface area contributed by atoms with Gasteiger partial charge in [0.2, 0.25) is 0 Å². The van der Waals surface area contributed by atoms with Gasteiger partial charge < -0.3 is 5.32 Å². The third-order valence-electron chi connectivity index (χ3n) is 2.39. The van der Waals surface area contributed by atoms with Crippen molar-refractivity contribution in [3.8, 4) is 0 Å². The Morgan fingerprint density at radius 2 is 2.08 bits per heavy atom. The van der Waals surface area contributed by atoms with Crippen molar-refractivity contribution in [1.29, 1.82) is 0 Å². The van der Waals surface area contributed by atoms with Crippen LogP contribution in [0.2, 0.25) is 0 Å². The molecule has 1 rings (SSSR count). The molecule has 1 aliphatic carbocycles. The van der Waals surface area contributed by atoms with E-state index in [0.29, 0.717) is 0 Å². The molecule has 76 valence electrons. The Balaban J connectivity index is 0.000000671. The fraction of sp³-hybridized carbons (Fsp3) is 0.667. The minimum absolute atomic E-state index is 0.834. The first-order valence-corrected chi connectivity index (χ1v) is 5.30. The summed E-state index contributed by atoms with van der Waals surface area (Å²) < 4.78 is 0. The zero-order chi connectivity index (χ0) is 10.3. The number of nitrogens with one attached hydrogen (secondary N) is 1. The van der Waals surface area contributed by atoms with Crippen molar-refractivity contribution in [2.45, 2.75) is 40.0 Å². The summed E-state index contributed by atoms with van der Waals surface area (Å²) in [5.41, 5.74) is 2.80. The number of hydrogen-bond donors (Lipinski definition) is 1. The fourth-order valence-corrected chi connectivity index (χ4v) is 1.62. The van der Waals surface area contributed by atoms with Crippen molar-refractivity contribution < 1.29 is 0 Å². The molecule has 1 nitrogen and oxygen atoms in total. The van der Waals surface area contributed by atoms with E-state index in [2.05, 4.69) is 18.8 Å².